The molecule has 4 rings (SSSR count). The van der Waals surface area contributed by atoms with E-state index >= 15 is 0 Å². The van der Waals surface area contributed by atoms with Crippen LogP contribution in [-0.2, 0) is 4.79 Å². The summed E-state index contributed by atoms with van der Waals surface area (Å²) in [6.45, 7) is 2.09. The zero-order valence-corrected chi connectivity index (χ0v) is 15.9. The molecule has 0 aliphatic carbocycles. The Morgan fingerprint density at radius 2 is 1.77 bits per heavy atom. The maximum absolute atomic E-state index is 13.2. The third-order valence-electron chi connectivity index (χ3n) is 6.08. The topological polar surface area (TPSA) is 29.5 Å². The van der Waals surface area contributed by atoms with Crippen molar-refractivity contribution in [2.75, 3.05) is 7.05 Å². The predicted octanol–water partition coefficient (Wildman–Crippen LogP) is 4.82. The summed E-state index contributed by atoms with van der Waals surface area (Å²) in [5, 5.41) is 0.637. The summed E-state index contributed by atoms with van der Waals surface area (Å²) < 4.78 is 5.76. The molecule has 2 aromatic rings. The first kappa shape index (κ1) is 17.6. The lowest BCUT2D eigenvalue weighted by Crippen LogP contribution is -2.49. The molecule has 2 bridgehead atoms. The summed E-state index contributed by atoms with van der Waals surface area (Å²) in [7, 11) is 2.15. The Morgan fingerprint density at radius 3 is 2.46 bits per heavy atom. The molecule has 26 heavy (non-hydrogen) atoms. The number of ether oxygens (including phenoxy) is 1. The highest BCUT2D eigenvalue weighted by molar-refractivity contribution is 6.30. The number of aryl methyl sites for hydroxylation is 1. The molecular formula is C22H24ClNO2. The second-order valence-corrected chi connectivity index (χ2v) is 8.05. The van der Waals surface area contributed by atoms with Gasteiger partial charge in [0, 0.05) is 23.0 Å². The van der Waals surface area contributed by atoms with E-state index in [1.165, 1.54) is 11.1 Å². The van der Waals surface area contributed by atoms with Gasteiger partial charge in [-0.15, -0.1) is 0 Å². The van der Waals surface area contributed by atoms with Crippen LogP contribution >= 0.6 is 11.6 Å². The zero-order valence-electron chi connectivity index (χ0n) is 15.2. The summed E-state index contributed by atoms with van der Waals surface area (Å²) >= 11 is 5.94. The van der Waals surface area contributed by atoms with Crippen LogP contribution in [0.15, 0.2) is 48.5 Å². The molecule has 2 fully saturated rings. The molecule has 136 valence electrons. The molecular weight excluding hydrogens is 346 g/mol. The van der Waals surface area contributed by atoms with E-state index in [0.717, 1.165) is 19.3 Å². The van der Waals surface area contributed by atoms with Crippen molar-refractivity contribution in [3.05, 3.63) is 64.7 Å². The third kappa shape index (κ3) is 3.26. The number of esters is 1. The summed E-state index contributed by atoms with van der Waals surface area (Å²) in [5.74, 6) is 0.501. The predicted molar refractivity (Wildman–Crippen MR) is 104 cm³/mol. The highest BCUT2D eigenvalue weighted by Crippen LogP contribution is 2.46. The highest BCUT2D eigenvalue weighted by atomic mass is 35.5. The number of piperidine rings is 1. The number of carbonyl (C=O) groups excluding carboxylic acids is 1. The fourth-order valence-corrected chi connectivity index (χ4v) is 4.76. The van der Waals surface area contributed by atoms with E-state index in [1.807, 2.05) is 0 Å². The summed E-state index contributed by atoms with van der Waals surface area (Å²) in [4.78, 5) is 15.5. The van der Waals surface area contributed by atoms with E-state index in [4.69, 9.17) is 16.3 Å². The third-order valence-corrected chi connectivity index (χ3v) is 6.33. The first-order valence-corrected chi connectivity index (χ1v) is 9.66. The molecule has 0 N–H and O–H groups in total. The molecule has 4 heteroatoms. The van der Waals surface area contributed by atoms with Crippen LogP contribution in [0, 0.1) is 12.8 Å². The van der Waals surface area contributed by atoms with Gasteiger partial charge in [0.15, 0.2) is 0 Å². The van der Waals surface area contributed by atoms with Crippen molar-refractivity contribution < 1.29 is 9.53 Å². The standard InChI is InChI=1S/C22H24ClNO2/c1-14-3-5-15(6-4-14)19-13-17-9-12-20(24(17)2)21(19)22(25)26-18-10-7-16(23)8-11-18/h3-8,10-11,17,19-21H,9,12-13H2,1-2H3/t17-,19-,20?,21?/m1/s1. The molecule has 4 atom stereocenters. The number of benzene rings is 2. The second kappa shape index (κ2) is 7.05. The Bertz CT molecular complexity index is 787. The van der Waals surface area contributed by atoms with Crippen molar-refractivity contribution >= 4 is 17.6 Å². The van der Waals surface area contributed by atoms with Crippen LogP contribution in [-0.4, -0.2) is 30.0 Å². The quantitative estimate of drug-likeness (QED) is 0.573. The molecule has 2 heterocycles. The SMILES string of the molecule is Cc1ccc([C@H]2C[C@H]3CCC(C2C(=O)Oc2ccc(Cl)cc2)N3C)cc1. The molecule has 0 aromatic heterocycles. The van der Waals surface area contributed by atoms with Gasteiger partial charge in [-0.05, 0) is 63.1 Å². The maximum atomic E-state index is 13.2. The average Bonchev–Trinajstić information content (AvgIpc) is 2.87. The van der Waals surface area contributed by atoms with E-state index in [1.54, 1.807) is 24.3 Å². The van der Waals surface area contributed by atoms with Gasteiger partial charge in [0.1, 0.15) is 5.75 Å². The fourth-order valence-electron chi connectivity index (χ4n) is 4.63. The highest BCUT2D eigenvalue weighted by Gasteiger charge is 2.49. The lowest BCUT2D eigenvalue weighted by Gasteiger charge is -2.41. The Balaban J connectivity index is 1.63. The van der Waals surface area contributed by atoms with Gasteiger partial charge in [0.2, 0.25) is 0 Å². The minimum Gasteiger partial charge on any atom is -0.426 e. The molecule has 2 aliphatic heterocycles. The molecule has 0 radical (unpaired) electrons. The zero-order chi connectivity index (χ0) is 18.3. The molecule has 2 unspecified atom stereocenters. The van der Waals surface area contributed by atoms with Crippen LogP contribution in [0.25, 0.3) is 0 Å². The molecule has 3 nitrogen and oxygen atoms in total. The molecule has 0 saturated carbocycles. The number of halogens is 1. The number of nitrogens with zero attached hydrogens (tertiary/aromatic N) is 1. The van der Waals surface area contributed by atoms with Gasteiger partial charge in [-0.2, -0.15) is 0 Å². The van der Waals surface area contributed by atoms with Gasteiger partial charge in [-0.25, -0.2) is 0 Å². The number of hydrogen-bond donors (Lipinski definition) is 0. The van der Waals surface area contributed by atoms with E-state index in [9.17, 15) is 4.79 Å². The van der Waals surface area contributed by atoms with E-state index in [-0.39, 0.29) is 23.8 Å². The van der Waals surface area contributed by atoms with Gasteiger partial charge in [0.25, 0.3) is 0 Å². The van der Waals surface area contributed by atoms with Crippen LogP contribution in [0.3, 0.4) is 0 Å². The number of carbonyl (C=O) groups is 1. The second-order valence-electron chi connectivity index (χ2n) is 7.62. The van der Waals surface area contributed by atoms with Gasteiger partial charge >= 0.3 is 5.97 Å². The first-order valence-electron chi connectivity index (χ1n) is 9.28. The van der Waals surface area contributed by atoms with Crippen molar-refractivity contribution in [3.63, 3.8) is 0 Å². The molecule has 2 saturated heterocycles. The lowest BCUT2D eigenvalue weighted by atomic mass is 9.76. The van der Waals surface area contributed by atoms with Crippen molar-refractivity contribution in [2.45, 2.75) is 44.2 Å². The van der Waals surface area contributed by atoms with Crippen LogP contribution in [0.2, 0.25) is 5.02 Å². The number of rotatable bonds is 3. The van der Waals surface area contributed by atoms with Crippen LogP contribution in [0.1, 0.15) is 36.3 Å². The lowest BCUT2D eigenvalue weighted by molar-refractivity contribution is -0.143. The smallest absolute Gasteiger partial charge is 0.316 e. The number of fused-ring (bicyclic) bond motifs is 2. The maximum Gasteiger partial charge on any atom is 0.316 e. The molecule has 2 aliphatic rings. The van der Waals surface area contributed by atoms with E-state index < -0.39 is 0 Å². The molecule has 2 aromatic carbocycles. The molecule has 0 spiro atoms. The van der Waals surface area contributed by atoms with Gasteiger partial charge < -0.3 is 4.74 Å². The largest absolute Gasteiger partial charge is 0.426 e. The Hall–Kier alpha value is -1.84. The average molecular weight is 370 g/mol. The minimum atomic E-state index is -0.142. The summed E-state index contributed by atoms with van der Waals surface area (Å²) in [6, 6.07) is 16.4. The Labute approximate surface area is 159 Å². The first-order chi connectivity index (χ1) is 12.5. The summed E-state index contributed by atoms with van der Waals surface area (Å²) in [6.07, 6.45) is 3.23. The van der Waals surface area contributed by atoms with Crippen molar-refractivity contribution in [3.8, 4) is 5.75 Å². The monoisotopic (exact) mass is 369 g/mol. The normalized spacial score (nSPS) is 28.1. The van der Waals surface area contributed by atoms with Crippen LogP contribution in [0.4, 0.5) is 0 Å². The van der Waals surface area contributed by atoms with Crippen molar-refractivity contribution in [1.29, 1.82) is 0 Å². The molecule has 0 amide bonds. The van der Waals surface area contributed by atoms with Gasteiger partial charge in [-0.3, -0.25) is 9.69 Å². The van der Waals surface area contributed by atoms with Crippen LogP contribution in [0.5, 0.6) is 5.75 Å². The van der Waals surface area contributed by atoms with E-state index in [2.05, 4.69) is 43.1 Å². The van der Waals surface area contributed by atoms with Crippen molar-refractivity contribution in [2.24, 2.45) is 5.92 Å². The Kier molecular flexibility index (Phi) is 4.76. The fraction of sp³-hybridized carbons (Fsp3) is 0.409. The van der Waals surface area contributed by atoms with Crippen LogP contribution < -0.4 is 4.74 Å². The van der Waals surface area contributed by atoms with Gasteiger partial charge in [-0.1, -0.05) is 41.4 Å². The Morgan fingerprint density at radius 1 is 1.08 bits per heavy atom. The van der Waals surface area contributed by atoms with E-state index in [0.29, 0.717) is 16.8 Å². The number of hydrogen-bond acceptors (Lipinski definition) is 3. The summed E-state index contributed by atoms with van der Waals surface area (Å²) in [5.41, 5.74) is 2.49. The van der Waals surface area contributed by atoms with Crippen molar-refractivity contribution in [1.82, 2.24) is 4.90 Å². The van der Waals surface area contributed by atoms with Gasteiger partial charge in [0.05, 0.1) is 5.92 Å². The minimum absolute atomic E-state index is 0.130.